The minimum atomic E-state index is -0.775. The number of carboxylic acid groups (broad SMARTS) is 1. The Labute approximate surface area is 108 Å². The molecule has 1 aliphatic carbocycles. The number of nitrogens with two attached hydrogens (primary N) is 1. The van der Waals surface area contributed by atoms with Crippen molar-refractivity contribution in [1.82, 2.24) is 0 Å². The molecule has 0 aromatic heterocycles. The van der Waals surface area contributed by atoms with Gasteiger partial charge in [0.05, 0.1) is 6.42 Å². The van der Waals surface area contributed by atoms with Crippen LogP contribution in [0.15, 0.2) is 18.2 Å². The first kappa shape index (κ1) is 13.1. The Morgan fingerprint density at radius 3 is 2.72 bits per heavy atom. The number of hydrogen-bond acceptors (Lipinski definition) is 2. The van der Waals surface area contributed by atoms with Crippen molar-refractivity contribution in [2.45, 2.75) is 51.0 Å². The van der Waals surface area contributed by atoms with E-state index in [1.807, 2.05) is 20.8 Å². The maximum Gasteiger partial charge on any atom is 0.304 e. The minimum Gasteiger partial charge on any atom is -0.481 e. The van der Waals surface area contributed by atoms with Crippen LogP contribution in [0.3, 0.4) is 0 Å². The molecule has 0 bridgehead atoms. The molecule has 3 nitrogen and oxygen atoms in total. The van der Waals surface area contributed by atoms with Gasteiger partial charge in [0, 0.05) is 11.0 Å². The highest BCUT2D eigenvalue weighted by Gasteiger charge is 2.49. The third-order valence-corrected chi connectivity index (χ3v) is 4.29. The third kappa shape index (κ3) is 1.93. The van der Waals surface area contributed by atoms with Crippen molar-refractivity contribution in [1.29, 1.82) is 0 Å². The summed E-state index contributed by atoms with van der Waals surface area (Å²) in [6.45, 7) is 5.91. The molecule has 0 saturated heterocycles. The number of benzene rings is 1. The fourth-order valence-corrected chi connectivity index (χ4v) is 3.18. The molecule has 1 aliphatic rings. The maximum atomic E-state index is 11.2. The zero-order chi connectivity index (χ0) is 13.6. The van der Waals surface area contributed by atoms with Crippen LogP contribution in [0.5, 0.6) is 0 Å². The zero-order valence-electron chi connectivity index (χ0n) is 11.3. The number of aryl methyl sites for hydroxylation is 2. The SMILES string of the molecule is Cc1ccc2c(c1)C(CC(=O)O)(C(C)(C)N)CC2. The predicted octanol–water partition coefficient (Wildman–Crippen LogP) is 2.39. The molecule has 0 radical (unpaired) electrons. The average Bonchev–Trinajstić information content (AvgIpc) is 2.56. The Bertz CT molecular complexity index is 488. The Morgan fingerprint density at radius 2 is 2.17 bits per heavy atom. The van der Waals surface area contributed by atoms with Crippen LogP contribution in [0.1, 0.15) is 43.4 Å². The van der Waals surface area contributed by atoms with E-state index >= 15 is 0 Å². The molecule has 1 unspecified atom stereocenters. The van der Waals surface area contributed by atoms with Crippen LogP contribution in [0.2, 0.25) is 0 Å². The predicted molar refractivity (Wildman–Crippen MR) is 71.7 cm³/mol. The molecule has 0 spiro atoms. The molecular formula is C15H21NO2. The number of fused-ring (bicyclic) bond motifs is 1. The highest BCUT2D eigenvalue weighted by molar-refractivity contribution is 5.70. The van der Waals surface area contributed by atoms with Crippen molar-refractivity contribution in [3.8, 4) is 0 Å². The van der Waals surface area contributed by atoms with E-state index in [4.69, 9.17) is 5.73 Å². The second-order valence-corrected chi connectivity index (χ2v) is 6.03. The van der Waals surface area contributed by atoms with Gasteiger partial charge in [0.1, 0.15) is 0 Å². The molecule has 3 heteroatoms. The normalized spacial score (nSPS) is 22.9. The Balaban J connectivity index is 2.59. The van der Waals surface area contributed by atoms with E-state index in [0.717, 1.165) is 24.0 Å². The van der Waals surface area contributed by atoms with Crippen LogP contribution in [-0.4, -0.2) is 16.6 Å². The van der Waals surface area contributed by atoms with Gasteiger partial charge in [-0.3, -0.25) is 4.79 Å². The Kier molecular flexibility index (Phi) is 2.98. The lowest BCUT2D eigenvalue weighted by atomic mass is 9.65. The standard InChI is InChI=1S/C15H21NO2/c1-10-4-5-11-6-7-15(9-13(17)18,12(11)8-10)14(2,3)16/h4-5,8H,6-7,9,16H2,1-3H3,(H,17,18). The van der Waals surface area contributed by atoms with Gasteiger partial charge < -0.3 is 10.8 Å². The van der Waals surface area contributed by atoms with Gasteiger partial charge in [-0.25, -0.2) is 0 Å². The van der Waals surface area contributed by atoms with Crippen LogP contribution in [0.4, 0.5) is 0 Å². The van der Waals surface area contributed by atoms with E-state index in [2.05, 4.69) is 18.2 Å². The van der Waals surface area contributed by atoms with E-state index in [1.165, 1.54) is 5.56 Å². The van der Waals surface area contributed by atoms with E-state index in [-0.39, 0.29) is 6.42 Å². The van der Waals surface area contributed by atoms with Gasteiger partial charge in [0.15, 0.2) is 0 Å². The summed E-state index contributed by atoms with van der Waals surface area (Å²) in [6.07, 6.45) is 1.85. The molecule has 0 saturated carbocycles. The van der Waals surface area contributed by atoms with E-state index < -0.39 is 16.9 Å². The molecule has 3 N–H and O–H groups in total. The molecular weight excluding hydrogens is 226 g/mol. The average molecular weight is 247 g/mol. The van der Waals surface area contributed by atoms with Gasteiger partial charge in [0.25, 0.3) is 0 Å². The highest BCUT2D eigenvalue weighted by atomic mass is 16.4. The van der Waals surface area contributed by atoms with E-state index in [9.17, 15) is 9.90 Å². The minimum absolute atomic E-state index is 0.104. The summed E-state index contributed by atoms with van der Waals surface area (Å²) in [4.78, 5) is 11.2. The smallest absolute Gasteiger partial charge is 0.304 e. The van der Waals surface area contributed by atoms with Gasteiger partial charge in [-0.05, 0) is 44.7 Å². The summed E-state index contributed by atoms with van der Waals surface area (Å²) in [7, 11) is 0. The molecule has 0 amide bonds. The lowest BCUT2D eigenvalue weighted by molar-refractivity contribution is -0.139. The lowest BCUT2D eigenvalue weighted by Gasteiger charge is -2.41. The van der Waals surface area contributed by atoms with E-state index in [1.54, 1.807) is 0 Å². The summed E-state index contributed by atoms with van der Waals surface area (Å²) in [5.41, 5.74) is 8.89. The van der Waals surface area contributed by atoms with Crippen LogP contribution in [-0.2, 0) is 16.6 Å². The summed E-state index contributed by atoms with van der Waals surface area (Å²) < 4.78 is 0. The molecule has 0 fully saturated rings. The van der Waals surface area contributed by atoms with E-state index in [0.29, 0.717) is 0 Å². The third-order valence-electron chi connectivity index (χ3n) is 4.29. The van der Waals surface area contributed by atoms with Gasteiger partial charge in [-0.2, -0.15) is 0 Å². The molecule has 98 valence electrons. The van der Waals surface area contributed by atoms with Gasteiger partial charge in [-0.1, -0.05) is 23.8 Å². The molecule has 1 aromatic rings. The van der Waals surface area contributed by atoms with Gasteiger partial charge in [-0.15, -0.1) is 0 Å². The molecule has 2 rings (SSSR count). The lowest BCUT2D eigenvalue weighted by Crippen LogP contribution is -2.54. The first-order valence-corrected chi connectivity index (χ1v) is 6.37. The first-order chi connectivity index (χ1) is 8.26. The second-order valence-electron chi connectivity index (χ2n) is 6.03. The molecule has 1 aromatic carbocycles. The number of hydrogen-bond donors (Lipinski definition) is 2. The highest BCUT2D eigenvalue weighted by Crippen LogP contribution is 2.48. The molecule has 18 heavy (non-hydrogen) atoms. The molecule has 0 aliphatic heterocycles. The fraction of sp³-hybridized carbons (Fsp3) is 0.533. The zero-order valence-corrected chi connectivity index (χ0v) is 11.3. The fourth-order valence-electron chi connectivity index (χ4n) is 3.18. The Hall–Kier alpha value is -1.35. The van der Waals surface area contributed by atoms with Crippen molar-refractivity contribution in [3.05, 3.63) is 34.9 Å². The van der Waals surface area contributed by atoms with Crippen LogP contribution < -0.4 is 5.73 Å². The number of carboxylic acids is 1. The second kappa shape index (κ2) is 4.09. The summed E-state index contributed by atoms with van der Waals surface area (Å²) in [5.74, 6) is -0.775. The van der Waals surface area contributed by atoms with Crippen LogP contribution >= 0.6 is 0 Å². The Morgan fingerprint density at radius 1 is 1.50 bits per heavy atom. The molecule has 0 heterocycles. The van der Waals surface area contributed by atoms with Gasteiger partial charge in [0.2, 0.25) is 0 Å². The number of aliphatic carboxylic acids is 1. The van der Waals surface area contributed by atoms with Crippen LogP contribution in [0.25, 0.3) is 0 Å². The van der Waals surface area contributed by atoms with Crippen molar-refractivity contribution in [2.75, 3.05) is 0 Å². The van der Waals surface area contributed by atoms with Crippen molar-refractivity contribution >= 4 is 5.97 Å². The maximum absolute atomic E-state index is 11.2. The largest absolute Gasteiger partial charge is 0.481 e. The summed E-state index contributed by atoms with van der Waals surface area (Å²) in [6, 6.07) is 6.30. The van der Waals surface area contributed by atoms with Gasteiger partial charge >= 0.3 is 5.97 Å². The number of rotatable bonds is 3. The number of carbonyl (C=O) groups is 1. The summed E-state index contributed by atoms with van der Waals surface area (Å²) in [5, 5.41) is 9.24. The van der Waals surface area contributed by atoms with Crippen molar-refractivity contribution in [2.24, 2.45) is 5.73 Å². The monoisotopic (exact) mass is 247 g/mol. The summed E-state index contributed by atoms with van der Waals surface area (Å²) >= 11 is 0. The molecule has 1 atom stereocenters. The first-order valence-electron chi connectivity index (χ1n) is 6.37. The van der Waals surface area contributed by atoms with Crippen LogP contribution in [0, 0.1) is 6.92 Å². The van der Waals surface area contributed by atoms with Crippen molar-refractivity contribution < 1.29 is 9.90 Å². The quantitative estimate of drug-likeness (QED) is 0.862. The topological polar surface area (TPSA) is 63.3 Å². The van der Waals surface area contributed by atoms with Crippen molar-refractivity contribution in [3.63, 3.8) is 0 Å².